The molecule has 0 radical (unpaired) electrons. The Bertz CT molecular complexity index is 513. The molecule has 1 aromatic rings. The van der Waals surface area contributed by atoms with Crippen LogP contribution in [-0.4, -0.2) is 41.6 Å². The van der Waals surface area contributed by atoms with E-state index >= 15 is 0 Å². The number of nitrogens with one attached hydrogen (secondary N) is 1. The molecule has 1 fully saturated rings. The van der Waals surface area contributed by atoms with Crippen molar-refractivity contribution in [2.45, 2.75) is 25.2 Å². The minimum atomic E-state index is -0.907. The van der Waals surface area contributed by atoms with Crippen LogP contribution in [0.25, 0.3) is 0 Å². The summed E-state index contributed by atoms with van der Waals surface area (Å²) in [4.78, 5) is 24.0. The van der Waals surface area contributed by atoms with E-state index in [1.165, 1.54) is 5.56 Å². The number of nitrogens with zero attached hydrogens (tertiary/aromatic N) is 1. The van der Waals surface area contributed by atoms with Gasteiger partial charge >= 0.3 is 12.0 Å². The van der Waals surface area contributed by atoms with Gasteiger partial charge in [0.1, 0.15) is 0 Å². The van der Waals surface area contributed by atoms with Gasteiger partial charge in [-0.1, -0.05) is 23.7 Å². The summed E-state index contributed by atoms with van der Waals surface area (Å²) in [5.74, 6) is -0.485. The molecule has 6 heteroatoms. The van der Waals surface area contributed by atoms with E-state index in [9.17, 15) is 9.59 Å². The number of carbonyl (C=O) groups excluding carboxylic acids is 1. The summed E-state index contributed by atoms with van der Waals surface area (Å²) >= 11 is 6.00. The summed E-state index contributed by atoms with van der Waals surface area (Å²) in [6, 6.07) is 7.67. The Labute approximate surface area is 128 Å². The van der Waals surface area contributed by atoms with Gasteiger partial charge in [0, 0.05) is 24.7 Å². The zero-order valence-electron chi connectivity index (χ0n) is 11.7. The smallest absolute Gasteiger partial charge is 0.317 e. The van der Waals surface area contributed by atoms with E-state index in [-0.39, 0.29) is 19.0 Å². The summed E-state index contributed by atoms with van der Waals surface area (Å²) in [7, 11) is 0. The van der Waals surface area contributed by atoms with Crippen molar-refractivity contribution in [3.8, 4) is 0 Å². The molecular weight excluding hydrogens is 292 g/mol. The number of piperidine rings is 1. The number of aliphatic carboxylic acids is 1. The van der Waals surface area contributed by atoms with Gasteiger partial charge in [0.15, 0.2) is 0 Å². The van der Waals surface area contributed by atoms with Gasteiger partial charge in [0.2, 0.25) is 0 Å². The first-order chi connectivity index (χ1) is 10.1. The number of carboxylic acids is 1. The van der Waals surface area contributed by atoms with E-state index in [2.05, 4.69) is 11.4 Å². The molecule has 0 spiro atoms. The number of rotatable bonds is 4. The molecule has 0 atom stereocenters. The van der Waals surface area contributed by atoms with Crippen molar-refractivity contribution >= 4 is 23.6 Å². The second kappa shape index (κ2) is 7.31. The van der Waals surface area contributed by atoms with Gasteiger partial charge in [-0.25, -0.2) is 4.79 Å². The van der Waals surface area contributed by atoms with Gasteiger partial charge in [0.25, 0.3) is 0 Å². The standard InChI is InChI=1S/C15H19ClN2O3/c16-13-3-1-2-12(10-13)11-5-8-18(9-6-11)15(21)17-7-4-14(19)20/h1-3,10-11H,4-9H2,(H,17,21)(H,19,20). The summed E-state index contributed by atoms with van der Waals surface area (Å²) < 4.78 is 0. The molecule has 1 saturated heterocycles. The lowest BCUT2D eigenvalue weighted by Gasteiger charge is -2.32. The second-order valence-electron chi connectivity index (χ2n) is 5.19. The average Bonchev–Trinajstić information content (AvgIpc) is 2.47. The van der Waals surface area contributed by atoms with Crippen LogP contribution in [0.1, 0.15) is 30.7 Å². The van der Waals surface area contributed by atoms with Crippen molar-refractivity contribution in [3.63, 3.8) is 0 Å². The normalized spacial score (nSPS) is 15.8. The fraction of sp³-hybridized carbons (Fsp3) is 0.467. The van der Waals surface area contributed by atoms with Crippen molar-refractivity contribution in [3.05, 3.63) is 34.9 Å². The summed E-state index contributed by atoms with van der Waals surface area (Å²) in [6.07, 6.45) is 1.74. The second-order valence-corrected chi connectivity index (χ2v) is 5.63. The number of urea groups is 1. The van der Waals surface area contributed by atoms with E-state index in [0.29, 0.717) is 19.0 Å². The van der Waals surface area contributed by atoms with Crippen molar-refractivity contribution in [1.29, 1.82) is 0 Å². The Kier molecular flexibility index (Phi) is 5.44. The lowest BCUT2D eigenvalue weighted by Crippen LogP contribution is -2.44. The van der Waals surface area contributed by atoms with Crippen LogP contribution in [-0.2, 0) is 4.79 Å². The Hall–Kier alpha value is -1.75. The van der Waals surface area contributed by atoms with Crippen LogP contribution in [0.4, 0.5) is 4.79 Å². The van der Waals surface area contributed by atoms with Crippen LogP contribution in [0.15, 0.2) is 24.3 Å². The van der Waals surface area contributed by atoms with Crippen molar-refractivity contribution in [2.24, 2.45) is 0 Å². The van der Waals surface area contributed by atoms with Crippen molar-refractivity contribution < 1.29 is 14.7 Å². The molecule has 2 N–H and O–H groups in total. The van der Waals surface area contributed by atoms with E-state index < -0.39 is 5.97 Å². The van der Waals surface area contributed by atoms with Gasteiger partial charge in [-0.15, -0.1) is 0 Å². The van der Waals surface area contributed by atoms with E-state index in [1.54, 1.807) is 4.90 Å². The number of likely N-dealkylation sites (tertiary alicyclic amines) is 1. The minimum Gasteiger partial charge on any atom is -0.481 e. The molecule has 1 heterocycles. The highest BCUT2D eigenvalue weighted by molar-refractivity contribution is 6.30. The van der Waals surface area contributed by atoms with Crippen LogP contribution < -0.4 is 5.32 Å². The average molecular weight is 311 g/mol. The SMILES string of the molecule is O=C(O)CCNC(=O)N1CCC(c2cccc(Cl)c2)CC1. The number of hydrogen-bond donors (Lipinski definition) is 2. The highest BCUT2D eigenvalue weighted by Gasteiger charge is 2.23. The van der Waals surface area contributed by atoms with Crippen LogP contribution in [0.5, 0.6) is 0 Å². The van der Waals surface area contributed by atoms with Gasteiger partial charge < -0.3 is 15.3 Å². The Morgan fingerprint density at radius 3 is 2.67 bits per heavy atom. The highest BCUT2D eigenvalue weighted by Crippen LogP contribution is 2.29. The largest absolute Gasteiger partial charge is 0.481 e. The fourth-order valence-corrected chi connectivity index (χ4v) is 2.76. The van der Waals surface area contributed by atoms with Crippen LogP contribution in [0.2, 0.25) is 5.02 Å². The third-order valence-corrected chi connectivity index (χ3v) is 3.95. The topological polar surface area (TPSA) is 69.6 Å². The van der Waals surface area contributed by atoms with Crippen molar-refractivity contribution in [2.75, 3.05) is 19.6 Å². The van der Waals surface area contributed by atoms with Gasteiger partial charge in [0.05, 0.1) is 6.42 Å². The first-order valence-corrected chi connectivity index (χ1v) is 7.44. The molecule has 1 aromatic carbocycles. The Morgan fingerprint density at radius 2 is 2.05 bits per heavy atom. The quantitative estimate of drug-likeness (QED) is 0.898. The zero-order chi connectivity index (χ0) is 15.2. The molecule has 1 aliphatic heterocycles. The maximum Gasteiger partial charge on any atom is 0.317 e. The third-order valence-electron chi connectivity index (χ3n) is 3.72. The number of carboxylic acid groups (broad SMARTS) is 1. The monoisotopic (exact) mass is 310 g/mol. The van der Waals surface area contributed by atoms with Gasteiger partial charge in [-0.2, -0.15) is 0 Å². The number of benzene rings is 1. The number of hydrogen-bond acceptors (Lipinski definition) is 2. The molecule has 5 nitrogen and oxygen atoms in total. The molecule has 0 unspecified atom stereocenters. The lowest BCUT2D eigenvalue weighted by molar-refractivity contribution is -0.136. The van der Waals surface area contributed by atoms with Gasteiger partial charge in [-0.3, -0.25) is 4.79 Å². The van der Waals surface area contributed by atoms with E-state index in [0.717, 1.165) is 17.9 Å². The molecule has 114 valence electrons. The first-order valence-electron chi connectivity index (χ1n) is 7.06. The van der Waals surface area contributed by atoms with Gasteiger partial charge in [-0.05, 0) is 36.5 Å². The maximum absolute atomic E-state index is 11.9. The van der Waals surface area contributed by atoms with Crippen LogP contribution in [0.3, 0.4) is 0 Å². The molecule has 2 rings (SSSR count). The summed E-state index contributed by atoms with van der Waals surface area (Å²) in [5, 5.41) is 11.9. The molecule has 0 aromatic heterocycles. The fourth-order valence-electron chi connectivity index (χ4n) is 2.56. The summed E-state index contributed by atoms with van der Waals surface area (Å²) in [6.45, 7) is 1.52. The molecule has 0 saturated carbocycles. The minimum absolute atomic E-state index is 0.0509. The maximum atomic E-state index is 11.9. The molecule has 1 aliphatic rings. The molecule has 2 amide bonds. The van der Waals surface area contributed by atoms with E-state index in [4.69, 9.17) is 16.7 Å². The third kappa shape index (κ3) is 4.63. The predicted octanol–water partition coefficient (Wildman–Crippen LogP) is 2.70. The Balaban J connectivity index is 1.80. The zero-order valence-corrected chi connectivity index (χ0v) is 12.5. The molecule has 0 aliphatic carbocycles. The predicted molar refractivity (Wildman–Crippen MR) is 80.7 cm³/mol. The number of amides is 2. The first kappa shape index (κ1) is 15.6. The number of halogens is 1. The lowest BCUT2D eigenvalue weighted by atomic mass is 9.89. The van der Waals surface area contributed by atoms with E-state index in [1.807, 2.05) is 18.2 Å². The van der Waals surface area contributed by atoms with Crippen LogP contribution >= 0.6 is 11.6 Å². The number of carbonyl (C=O) groups is 2. The molecule has 0 bridgehead atoms. The Morgan fingerprint density at radius 1 is 1.33 bits per heavy atom. The summed E-state index contributed by atoms with van der Waals surface area (Å²) in [5.41, 5.74) is 1.22. The molecular formula is C15H19ClN2O3. The highest BCUT2D eigenvalue weighted by atomic mass is 35.5. The van der Waals surface area contributed by atoms with Crippen molar-refractivity contribution in [1.82, 2.24) is 10.2 Å². The molecule has 21 heavy (non-hydrogen) atoms. The van der Waals surface area contributed by atoms with Crippen LogP contribution in [0, 0.1) is 0 Å².